The largest absolute Gasteiger partial charge is 0.544 e. The quantitative estimate of drug-likeness (QED) is 0.229. The molecule has 0 saturated carbocycles. The molecule has 0 amide bonds. The molecule has 186 valence electrons. The molecular weight excluding hydrogens is 493 g/mol. The van der Waals surface area contributed by atoms with Crippen molar-refractivity contribution in [3.05, 3.63) is 52.9 Å². The maximum atomic E-state index is 12.9. The summed E-state index contributed by atoms with van der Waals surface area (Å²) in [5.74, 6) is 2.97. The van der Waals surface area contributed by atoms with Crippen LogP contribution in [-0.4, -0.2) is 25.0 Å². The van der Waals surface area contributed by atoms with Gasteiger partial charge in [0, 0.05) is 11.5 Å². The molecule has 0 spiro atoms. The van der Waals surface area contributed by atoms with Crippen LogP contribution in [0.25, 0.3) is 33.6 Å². The molecule has 0 aromatic heterocycles. The molecule has 2 aliphatic heterocycles. The molecule has 0 aliphatic carbocycles. The Morgan fingerprint density at radius 1 is 0.657 bits per heavy atom. The van der Waals surface area contributed by atoms with Crippen molar-refractivity contribution >= 4 is 35.9 Å². The van der Waals surface area contributed by atoms with Crippen molar-refractivity contribution in [1.82, 2.24) is 0 Å². The molecule has 9 heteroatoms. The highest BCUT2D eigenvalue weighted by molar-refractivity contribution is 6.71. The fourth-order valence-corrected chi connectivity index (χ4v) is 6.21. The van der Waals surface area contributed by atoms with Gasteiger partial charge in [0.1, 0.15) is 28.4 Å². The van der Waals surface area contributed by atoms with Gasteiger partial charge >= 0.3 is 5.63 Å². The van der Waals surface area contributed by atoms with E-state index >= 15 is 0 Å². The fraction of sp³-hybridized carbons (Fsp3) is 0.346. The molecule has 0 fully saturated rings. The van der Waals surface area contributed by atoms with E-state index in [0.717, 1.165) is 16.7 Å². The first-order valence-corrected chi connectivity index (χ1v) is 22.0. The van der Waals surface area contributed by atoms with Crippen LogP contribution in [0.15, 0.2) is 56.1 Å². The van der Waals surface area contributed by atoms with Crippen molar-refractivity contribution in [2.24, 2.45) is 0 Å². The Kier molecular flexibility index (Phi) is 6.31. The lowest BCUT2D eigenvalue weighted by Crippen LogP contribution is -2.32. The van der Waals surface area contributed by atoms with E-state index in [1.807, 2.05) is 42.5 Å². The molecule has 0 atom stereocenters. The third-order valence-electron chi connectivity index (χ3n) is 4.83. The summed E-state index contributed by atoms with van der Waals surface area (Å²) in [5, 5.41) is 0.785. The highest BCUT2D eigenvalue weighted by atomic mass is 28.4. The Morgan fingerprint density at radius 2 is 1.20 bits per heavy atom. The summed E-state index contributed by atoms with van der Waals surface area (Å²) in [6.07, 6.45) is 0. The van der Waals surface area contributed by atoms with E-state index in [9.17, 15) is 4.79 Å². The van der Waals surface area contributed by atoms with Crippen LogP contribution in [0, 0.1) is 0 Å². The van der Waals surface area contributed by atoms with Crippen LogP contribution in [0.5, 0.6) is 17.2 Å². The van der Waals surface area contributed by atoms with E-state index in [4.69, 9.17) is 22.1 Å². The van der Waals surface area contributed by atoms with Crippen LogP contribution in [0.2, 0.25) is 58.9 Å². The van der Waals surface area contributed by atoms with E-state index in [1.54, 1.807) is 0 Å². The van der Waals surface area contributed by atoms with E-state index in [-0.39, 0.29) is 0 Å². The van der Waals surface area contributed by atoms with Crippen molar-refractivity contribution < 1.29 is 22.1 Å². The van der Waals surface area contributed by atoms with Crippen molar-refractivity contribution in [3.8, 4) is 39.9 Å². The van der Waals surface area contributed by atoms with Gasteiger partial charge in [-0.2, -0.15) is 0 Å². The average molecular weight is 527 g/mol. The van der Waals surface area contributed by atoms with Gasteiger partial charge in [0.15, 0.2) is 11.5 Å². The molecular formula is C26H34O6Si3. The number of rotatable bonds is 7. The molecule has 6 nitrogen and oxygen atoms in total. The van der Waals surface area contributed by atoms with Gasteiger partial charge in [0.25, 0.3) is 0 Å². The van der Waals surface area contributed by atoms with Crippen LogP contribution in [0.3, 0.4) is 0 Å². The number of fused-ring (bicyclic) bond motifs is 2. The first-order valence-electron chi connectivity index (χ1n) is 11.8. The minimum Gasteiger partial charge on any atom is -0.544 e. The zero-order chi connectivity index (χ0) is 25.8. The third kappa shape index (κ3) is 6.09. The van der Waals surface area contributed by atoms with E-state index < -0.39 is 30.6 Å². The SMILES string of the molecule is C[Si](C)(C)Oc1ccc(-c2c3oc4cc(O[Si](C)(C)C)c(O[Si](C)(C)C)cc4cc-3oc2=O)cc1. The van der Waals surface area contributed by atoms with Gasteiger partial charge in [-0.25, -0.2) is 4.79 Å². The molecule has 35 heavy (non-hydrogen) atoms. The van der Waals surface area contributed by atoms with Gasteiger partial charge in [-0.05, 0) is 88.8 Å². The normalized spacial score (nSPS) is 12.8. The summed E-state index contributed by atoms with van der Waals surface area (Å²) in [7, 11) is -5.53. The minimum atomic E-state index is -1.91. The second-order valence-corrected chi connectivity index (χ2v) is 25.0. The van der Waals surface area contributed by atoms with Crippen molar-refractivity contribution in [2.45, 2.75) is 58.9 Å². The Morgan fingerprint density at radius 3 is 1.74 bits per heavy atom. The molecule has 2 aromatic rings. The minimum absolute atomic E-state index is 0.400. The predicted octanol–water partition coefficient (Wildman–Crippen LogP) is 7.80. The molecule has 2 aromatic carbocycles. The van der Waals surface area contributed by atoms with Gasteiger partial charge in [0.2, 0.25) is 25.0 Å². The zero-order valence-corrected chi connectivity index (χ0v) is 25.0. The topological polar surface area (TPSA) is 71.0 Å². The van der Waals surface area contributed by atoms with Crippen LogP contribution in [0.1, 0.15) is 0 Å². The number of hydrogen-bond donors (Lipinski definition) is 0. The Labute approximate surface area is 209 Å². The standard InChI is InChI=1S/C26H34O6Si3/c1-33(2,3)30-19-12-10-17(11-13-19)24-25-23(29-26(24)27)15-18-14-21(31-34(4,5)6)22(16-20(18)28-25)32-35(7,8)9/h10-16H,1-9H3. The second kappa shape index (κ2) is 8.72. The molecule has 4 rings (SSSR count). The van der Waals surface area contributed by atoms with Gasteiger partial charge in [0.05, 0.1) is 0 Å². The molecule has 0 saturated heterocycles. The average Bonchev–Trinajstić information content (AvgIpc) is 2.98. The number of hydrogen-bond acceptors (Lipinski definition) is 6. The monoisotopic (exact) mass is 526 g/mol. The third-order valence-corrected chi connectivity index (χ3v) is 7.34. The molecule has 0 unspecified atom stereocenters. The fourth-order valence-electron chi connectivity index (χ4n) is 3.73. The maximum absolute atomic E-state index is 12.9. The smallest absolute Gasteiger partial charge is 0.348 e. The van der Waals surface area contributed by atoms with Gasteiger partial charge in [-0.15, -0.1) is 0 Å². The van der Waals surface area contributed by atoms with Gasteiger partial charge in [-0.1, -0.05) is 12.1 Å². The number of furan rings is 1. The van der Waals surface area contributed by atoms with Crippen LogP contribution < -0.4 is 18.9 Å². The highest BCUT2D eigenvalue weighted by Gasteiger charge is 2.27. The molecule has 0 bridgehead atoms. The maximum Gasteiger partial charge on any atom is 0.348 e. The Bertz CT molecular complexity index is 1380. The van der Waals surface area contributed by atoms with Gasteiger partial charge in [-0.3, -0.25) is 0 Å². The van der Waals surface area contributed by atoms with E-state index in [1.165, 1.54) is 0 Å². The second-order valence-electron chi connectivity index (χ2n) is 11.7. The van der Waals surface area contributed by atoms with Crippen molar-refractivity contribution in [1.29, 1.82) is 0 Å². The number of benzene rings is 2. The Hall–Kier alpha value is -2.76. The molecule has 0 N–H and O–H groups in total. The lowest BCUT2D eigenvalue weighted by molar-refractivity contribution is 0.487. The summed E-state index contributed by atoms with van der Waals surface area (Å²) < 4.78 is 30.6. The zero-order valence-electron chi connectivity index (χ0n) is 22.0. The van der Waals surface area contributed by atoms with Crippen molar-refractivity contribution in [3.63, 3.8) is 0 Å². The van der Waals surface area contributed by atoms with E-state index in [0.29, 0.717) is 34.2 Å². The van der Waals surface area contributed by atoms with Crippen molar-refractivity contribution in [2.75, 3.05) is 0 Å². The van der Waals surface area contributed by atoms with E-state index in [2.05, 4.69) is 58.9 Å². The first kappa shape index (κ1) is 25.3. The Balaban J connectivity index is 1.84. The summed E-state index contributed by atoms with van der Waals surface area (Å²) in [6, 6.07) is 13.1. The summed E-state index contributed by atoms with van der Waals surface area (Å²) in [5.41, 5.74) is 1.29. The molecule has 2 aliphatic rings. The summed E-state index contributed by atoms with van der Waals surface area (Å²) in [4.78, 5) is 12.9. The molecule has 2 heterocycles. The highest BCUT2D eigenvalue weighted by Crippen LogP contribution is 2.41. The molecule has 0 radical (unpaired) electrons. The lowest BCUT2D eigenvalue weighted by atomic mass is 10.1. The van der Waals surface area contributed by atoms with Crippen LogP contribution in [-0.2, 0) is 0 Å². The lowest BCUT2D eigenvalue weighted by Gasteiger charge is -2.26. The van der Waals surface area contributed by atoms with Crippen LogP contribution >= 0.6 is 0 Å². The van der Waals surface area contributed by atoms with Gasteiger partial charge < -0.3 is 22.1 Å². The predicted molar refractivity (Wildman–Crippen MR) is 149 cm³/mol. The van der Waals surface area contributed by atoms with Crippen LogP contribution in [0.4, 0.5) is 0 Å². The first-order chi connectivity index (χ1) is 16.1. The summed E-state index contributed by atoms with van der Waals surface area (Å²) >= 11 is 0. The summed E-state index contributed by atoms with van der Waals surface area (Å²) in [6.45, 7) is 19.2.